The summed E-state index contributed by atoms with van der Waals surface area (Å²) in [4.78, 5) is 12.0. The van der Waals surface area contributed by atoms with Gasteiger partial charge in [0.05, 0.1) is 18.8 Å². The standard InChI is InChI=1S/C13H19NO4S/c1-19-11-5-2-4-10(12(11)13(16)17)14-6-3-8-18-9-7-15/h2,4-5,14-15H,3,6-9H2,1H3,(H,16,17). The summed E-state index contributed by atoms with van der Waals surface area (Å²) in [5, 5.41) is 20.9. The van der Waals surface area contributed by atoms with Crippen LogP contribution in [0, 0.1) is 0 Å². The molecule has 1 aromatic rings. The molecule has 0 bridgehead atoms. The molecule has 0 unspecified atom stereocenters. The smallest absolute Gasteiger partial charge is 0.338 e. The maximum absolute atomic E-state index is 11.3. The Balaban J connectivity index is 2.55. The van der Waals surface area contributed by atoms with Gasteiger partial charge in [0.25, 0.3) is 0 Å². The monoisotopic (exact) mass is 285 g/mol. The van der Waals surface area contributed by atoms with E-state index >= 15 is 0 Å². The molecule has 0 amide bonds. The summed E-state index contributed by atoms with van der Waals surface area (Å²) in [5.74, 6) is -0.927. The molecule has 5 nitrogen and oxygen atoms in total. The third kappa shape index (κ3) is 5.10. The van der Waals surface area contributed by atoms with Gasteiger partial charge in [0.1, 0.15) is 0 Å². The van der Waals surface area contributed by atoms with Crippen molar-refractivity contribution in [2.75, 3.05) is 37.9 Å². The molecule has 0 saturated carbocycles. The van der Waals surface area contributed by atoms with Gasteiger partial charge in [0.15, 0.2) is 0 Å². The van der Waals surface area contributed by atoms with Crippen LogP contribution in [-0.2, 0) is 4.74 Å². The second-order valence-electron chi connectivity index (χ2n) is 3.80. The summed E-state index contributed by atoms with van der Waals surface area (Å²) in [5.41, 5.74) is 0.938. The summed E-state index contributed by atoms with van der Waals surface area (Å²) in [7, 11) is 0. The van der Waals surface area contributed by atoms with Gasteiger partial charge in [-0.15, -0.1) is 11.8 Å². The van der Waals surface area contributed by atoms with Gasteiger partial charge in [-0.05, 0) is 24.8 Å². The molecule has 1 aromatic carbocycles. The number of aromatic carboxylic acids is 1. The summed E-state index contributed by atoms with van der Waals surface area (Å²) in [6.45, 7) is 1.52. The number of aliphatic hydroxyl groups is 1. The fourth-order valence-electron chi connectivity index (χ4n) is 1.63. The van der Waals surface area contributed by atoms with E-state index < -0.39 is 5.97 Å². The number of nitrogens with one attached hydrogen (secondary N) is 1. The lowest BCUT2D eigenvalue weighted by molar-refractivity contribution is 0.0694. The highest BCUT2D eigenvalue weighted by atomic mass is 32.2. The topological polar surface area (TPSA) is 78.8 Å². The molecule has 0 heterocycles. The number of carboxylic acids is 1. The van der Waals surface area contributed by atoms with Crippen LogP contribution in [0.4, 0.5) is 5.69 Å². The molecule has 6 heteroatoms. The average Bonchev–Trinajstić information content (AvgIpc) is 2.42. The molecule has 0 saturated heterocycles. The lowest BCUT2D eigenvalue weighted by Gasteiger charge is -2.12. The summed E-state index contributed by atoms with van der Waals surface area (Å²) < 4.78 is 5.13. The lowest BCUT2D eigenvalue weighted by atomic mass is 10.1. The number of carbonyl (C=O) groups is 1. The number of hydrogen-bond donors (Lipinski definition) is 3. The zero-order chi connectivity index (χ0) is 14.1. The number of hydrogen-bond acceptors (Lipinski definition) is 5. The minimum atomic E-state index is -0.927. The van der Waals surface area contributed by atoms with Gasteiger partial charge in [-0.1, -0.05) is 6.07 Å². The van der Waals surface area contributed by atoms with Crippen LogP contribution < -0.4 is 5.32 Å². The van der Waals surface area contributed by atoms with E-state index in [0.29, 0.717) is 31.0 Å². The zero-order valence-corrected chi connectivity index (χ0v) is 11.7. The quantitative estimate of drug-likeness (QED) is 0.475. The van der Waals surface area contributed by atoms with Crippen molar-refractivity contribution in [1.29, 1.82) is 0 Å². The van der Waals surface area contributed by atoms with Crippen LogP contribution in [0.5, 0.6) is 0 Å². The van der Waals surface area contributed by atoms with Crippen LogP contribution in [0.2, 0.25) is 0 Å². The van der Waals surface area contributed by atoms with Crippen LogP contribution in [-0.4, -0.2) is 48.8 Å². The Bertz CT molecular complexity index is 412. The van der Waals surface area contributed by atoms with Gasteiger partial charge < -0.3 is 20.3 Å². The highest BCUT2D eigenvalue weighted by Gasteiger charge is 2.14. The molecule has 0 aliphatic rings. The second-order valence-corrected chi connectivity index (χ2v) is 4.65. The Labute approximate surface area is 117 Å². The Morgan fingerprint density at radius 2 is 2.21 bits per heavy atom. The number of thioether (sulfide) groups is 1. The van der Waals surface area contributed by atoms with E-state index in [0.717, 1.165) is 11.3 Å². The lowest BCUT2D eigenvalue weighted by Crippen LogP contribution is -2.11. The minimum absolute atomic E-state index is 0.0202. The second kappa shape index (κ2) is 8.79. The fraction of sp³-hybridized carbons (Fsp3) is 0.462. The predicted molar refractivity (Wildman–Crippen MR) is 76.2 cm³/mol. The normalized spacial score (nSPS) is 10.4. The number of benzene rings is 1. The van der Waals surface area contributed by atoms with E-state index in [1.165, 1.54) is 11.8 Å². The Morgan fingerprint density at radius 3 is 2.84 bits per heavy atom. The average molecular weight is 285 g/mol. The van der Waals surface area contributed by atoms with E-state index in [2.05, 4.69) is 5.32 Å². The van der Waals surface area contributed by atoms with Crippen molar-refractivity contribution in [3.8, 4) is 0 Å². The molecule has 0 radical (unpaired) electrons. The summed E-state index contributed by atoms with van der Waals surface area (Å²) >= 11 is 1.41. The molecule has 19 heavy (non-hydrogen) atoms. The summed E-state index contributed by atoms with van der Waals surface area (Å²) in [6.07, 6.45) is 2.61. The predicted octanol–water partition coefficient (Wildman–Crippen LogP) is 1.92. The number of aliphatic hydroxyl groups excluding tert-OH is 1. The first-order valence-corrected chi connectivity index (χ1v) is 7.26. The van der Waals surface area contributed by atoms with Crippen LogP contribution in [0.15, 0.2) is 23.1 Å². The van der Waals surface area contributed by atoms with Crippen molar-refractivity contribution in [3.05, 3.63) is 23.8 Å². The molecular weight excluding hydrogens is 266 g/mol. The molecule has 0 aromatic heterocycles. The maximum atomic E-state index is 11.3. The molecule has 1 rings (SSSR count). The maximum Gasteiger partial charge on any atom is 0.338 e. The third-order valence-corrected chi connectivity index (χ3v) is 3.26. The van der Waals surface area contributed by atoms with Gasteiger partial charge in [0.2, 0.25) is 0 Å². The molecule has 0 spiro atoms. The Kier molecular flexibility index (Phi) is 7.32. The van der Waals surface area contributed by atoms with Crippen molar-refractivity contribution in [2.24, 2.45) is 0 Å². The van der Waals surface area contributed by atoms with Crippen molar-refractivity contribution in [2.45, 2.75) is 11.3 Å². The Morgan fingerprint density at radius 1 is 1.42 bits per heavy atom. The van der Waals surface area contributed by atoms with Crippen LogP contribution >= 0.6 is 11.8 Å². The summed E-state index contributed by atoms with van der Waals surface area (Å²) in [6, 6.07) is 5.39. The Hall–Kier alpha value is -1.24. The molecule has 0 aliphatic heterocycles. The first kappa shape index (κ1) is 15.8. The van der Waals surface area contributed by atoms with Gasteiger partial charge >= 0.3 is 5.97 Å². The molecule has 0 fully saturated rings. The first-order chi connectivity index (χ1) is 9.20. The van der Waals surface area contributed by atoms with Crippen LogP contribution in [0.3, 0.4) is 0 Å². The van der Waals surface area contributed by atoms with Crippen molar-refractivity contribution >= 4 is 23.4 Å². The SMILES string of the molecule is CSc1cccc(NCCCOCCO)c1C(=O)O. The van der Waals surface area contributed by atoms with Crippen LogP contribution in [0.1, 0.15) is 16.8 Å². The molecule has 0 atom stereocenters. The van der Waals surface area contributed by atoms with Gasteiger partial charge in [-0.2, -0.15) is 0 Å². The highest BCUT2D eigenvalue weighted by molar-refractivity contribution is 7.98. The van der Waals surface area contributed by atoms with E-state index in [1.807, 2.05) is 12.3 Å². The molecule has 3 N–H and O–H groups in total. The van der Waals surface area contributed by atoms with E-state index in [-0.39, 0.29) is 6.61 Å². The van der Waals surface area contributed by atoms with E-state index in [1.54, 1.807) is 12.1 Å². The molecule has 106 valence electrons. The van der Waals surface area contributed by atoms with Gasteiger partial charge in [-0.3, -0.25) is 0 Å². The first-order valence-electron chi connectivity index (χ1n) is 6.03. The van der Waals surface area contributed by atoms with Crippen molar-refractivity contribution in [1.82, 2.24) is 0 Å². The fourth-order valence-corrected chi connectivity index (χ4v) is 2.25. The minimum Gasteiger partial charge on any atom is -0.478 e. The van der Waals surface area contributed by atoms with Gasteiger partial charge in [-0.25, -0.2) is 4.79 Å². The number of ether oxygens (including phenoxy) is 1. The largest absolute Gasteiger partial charge is 0.478 e. The van der Waals surface area contributed by atoms with Crippen molar-refractivity contribution in [3.63, 3.8) is 0 Å². The number of carboxylic acid groups (broad SMARTS) is 1. The van der Waals surface area contributed by atoms with Crippen LogP contribution in [0.25, 0.3) is 0 Å². The third-order valence-electron chi connectivity index (χ3n) is 2.48. The molecular formula is C13H19NO4S. The molecule has 0 aliphatic carbocycles. The number of anilines is 1. The zero-order valence-electron chi connectivity index (χ0n) is 10.9. The van der Waals surface area contributed by atoms with E-state index in [9.17, 15) is 9.90 Å². The van der Waals surface area contributed by atoms with Crippen molar-refractivity contribution < 1.29 is 19.7 Å². The van der Waals surface area contributed by atoms with E-state index in [4.69, 9.17) is 9.84 Å². The highest BCUT2D eigenvalue weighted by Crippen LogP contribution is 2.27. The number of rotatable bonds is 9. The van der Waals surface area contributed by atoms with Gasteiger partial charge in [0, 0.05) is 23.7 Å².